The monoisotopic (exact) mass is 317 g/mol. The molecule has 0 fully saturated rings. The Hall–Kier alpha value is -1.83. The second kappa shape index (κ2) is 7.82. The summed E-state index contributed by atoms with van der Waals surface area (Å²) in [5, 5.41) is 5.67. The summed E-state index contributed by atoms with van der Waals surface area (Å²) in [4.78, 5) is 23.0. The minimum atomic E-state index is -0.499. The smallest absolute Gasteiger partial charge is 0.407 e. The first-order chi connectivity index (χ1) is 9.80. The van der Waals surface area contributed by atoms with Crippen LogP contribution in [0.25, 0.3) is 0 Å². The first kappa shape index (κ1) is 17.2. The van der Waals surface area contributed by atoms with E-state index in [9.17, 15) is 4.79 Å². The first-order valence-electron chi connectivity index (χ1n) is 6.46. The van der Waals surface area contributed by atoms with Crippen LogP contribution in [0.5, 0.6) is 6.01 Å². The molecule has 118 valence electrons. The Morgan fingerprint density at radius 2 is 1.95 bits per heavy atom. The molecular weight excluding hydrogens is 298 g/mol. The third kappa shape index (κ3) is 7.50. The predicted octanol–water partition coefficient (Wildman–Crippen LogP) is 1.86. The third-order valence-electron chi connectivity index (χ3n) is 2.08. The van der Waals surface area contributed by atoms with Crippen LogP contribution in [-0.4, -0.2) is 46.8 Å². The Morgan fingerprint density at radius 1 is 1.24 bits per heavy atom. The molecule has 21 heavy (non-hydrogen) atoms. The zero-order valence-electron chi connectivity index (χ0n) is 12.6. The lowest BCUT2D eigenvalue weighted by molar-refractivity contribution is 0.0528. The van der Waals surface area contributed by atoms with Gasteiger partial charge in [-0.3, -0.25) is 0 Å². The molecule has 0 spiro atoms. The number of anilines is 1. The fourth-order valence-electron chi connectivity index (χ4n) is 1.30. The van der Waals surface area contributed by atoms with E-state index in [1.807, 2.05) is 20.8 Å². The molecule has 0 radical (unpaired) electrons. The normalized spacial score (nSPS) is 10.9. The van der Waals surface area contributed by atoms with Crippen LogP contribution in [0.3, 0.4) is 0 Å². The lowest BCUT2D eigenvalue weighted by Crippen LogP contribution is -2.33. The Morgan fingerprint density at radius 3 is 2.57 bits per heavy atom. The fraction of sp³-hybridized carbons (Fsp3) is 0.667. The van der Waals surface area contributed by atoms with Gasteiger partial charge in [-0.05, 0) is 38.8 Å². The predicted molar refractivity (Wildman–Crippen MR) is 78.7 cm³/mol. The van der Waals surface area contributed by atoms with Crippen molar-refractivity contribution in [2.24, 2.45) is 0 Å². The third-order valence-corrected chi connectivity index (χ3v) is 2.24. The van der Waals surface area contributed by atoms with Crippen molar-refractivity contribution in [2.45, 2.75) is 32.8 Å². The SMILES string of the molecule is COc1nc(Cl)nc(NCCCNC(=O)OC(C)(C)C)n1. The van der Waals surface area contributed by atoms with Crippen LogP contribution in [0.2, 0.25) is 5.28 Å². The quantitative estimate of drug-likeness (QED) is 0.773. The number of hydrogen-bond donors (Lipinski definition) is 2. The number of ether oxygens (including phenoxy) is 2. The van der Waals surface area contributed by atoms with Crippen LogP contribution in [0.15, 0.2) is 0 Å². The molecule has 0 unspecified atom stereocenters. The number of amides is 1. The van der Waals surface area contributed by atoms with E-state index >= 15 is 0 Å². The van der Waals surface area contributed by atoms with Gasteiger partial charge in [-0.15, -0.1) is 0 Å². The molecule has 8 nitrogen and oxygen atoms in total. The van der Waals surface area contributed by atoms with E-state index in [0.717, 1.165) is 0 Å². The summed E-state index contributed by atoms with van der Waals surface area (Å²) >= 11 is 5.72. The van der Waals surface area contributed by atoms with Crippen molar-refractivity contribution < 1.29 is 14.3 Å². The van der Waals surface area contributed by atoms with Crippen molar-refractivity contribution in [3.8, 4) is 6.01 Å². The number of carbonyl (C=O) groups excluding carboxylic acids is 1. The zero-order chi connectivity index (χ0) is 15.9. The maximum atomic E-state index is 11.4. The van der Waals surface area contributed by atoms with E-state index in [1.165, 1.54) is 7.11 Å². The molecule has 0 saturated heterocycles. The second-order valence-electron chi connectivity index (χ2n) is 5.12. The number of nitrogens with one attached hydrogen (secondary N) is 2. The van der Waals surface area contributed by atoms with Crippen LogP contribution < -0.4 is 15.4 Å². The van der Waals surface area contributed by atoms with Gasteiger partial charge in [0.05, 0.1) is 7.11 Å². The molecule has 1 rings (SSSR count). The van der Waals surface area contributed by atoms with Gasteiger partial charge in [0.15, 0.2) is 0 Å². The summed E-state index contributed by atoms with van der Waals surface area (Å²) in [6, 6.07) is 0.143. The summed E-state index contributed by atoms with van der Waals surface area (Å²) in [6.07, 6.45) is 0.234. The summed E-state index contributed by atoms with van der Waals surface area (Å²) in [7, 11) is 1.44. The molecule has 0 aromatic carbocycles. The van der Waals surface area contributed by atoms with Crippen LogP contribution in [0, 0.1) is 0 Å². The minimum absolute atomic E-state index is 0.0521. The Bertz CT molecular complexity index is 478. The van der Waals surface area contributed by atoms with Gasteiger partial charge in [0.25, 0.3) is 0 Å². The highest BCUT2D eigenvalue weighted by Crippen LogP contribution is 2.10. The van der Waals surface area contributed by atoms with Crippen LogP contribution in [-0.2, 0) is 4.74 Å². The molecular formula is C12H20ClN5O3. The van der Waals surface area contributed by atoms with Gasteiger partial charge in [-0.1, -0.05) is 0 Å². The van der Waals surface area contributed by atoms with Gasteiger partial charge >= 0.3 is 12.1 Å². The van der Waals surface area contributed by atoms with E-state index in [4.69, 9.17) is 21.1 Å². The number of aromatic nitrogens is 3. The number of alkyl carbamates (subject to hydrolysis) is 1. The van der Waals surface area contributed by atoms with Crippen LogP contribution >= 0.6 is 11.6 Å². The number of halogens is 1. The summed E-state index contributed by atoms with van der Waals surface area (Å²) < 4.78 is 9.99. The highest BCUT2D eigenvalue weighted by Gasteiger charge is 2.15. The summed E-state index contributed by atoms with van der Waals surface area (Å²) in [6.45, 7) is 6.46. The van der Waals surface area contributed by atoms with Crippen LogP contribution in [0.1, 0.15) is 27.2 Å². The molecule has 0 atom stereocenters. The van der Waals surface area contributed by atoms with Gasteiger partial charge in [0, 0.05) is 13.1 Å². The molecule has 0 aliphatic carbocycles. The molecule has 1 aromatic rings. The van der Waals surface area contributed by atoms with E-state index in [2.05, 4.69) is 25.6 Å². The Labute approximate surface area is 128 Å². The standard InChI is InChI=1S/C12H20ClN5O3/c1-12(2,3)21-11(19)15-7-5-6-14-9-16-8(13)17-10(18-9)20-4/h5-7H2,1-4H3,(H,15,19)(H,14,16,17,18). The number of methoxy groups -OCH3 is 1. The number of nitrogens with zero attached hydrogens (tertiary/aromatic N) is 3. The van der Waals surface area contributed by atoms with Crippen molar-refractivity contribution in [2.75, 3.05) is 25.5 Å². The second-order valence-corrected chi connectivity index (χ2v) is 5.46. The number of carbonyl (C=O) groups is 1. The van der Waals surface area contributed by atoms with E-state index < -0.39 is 11.7 Å². The average Bonchev–Trinajstić information content (AvgIpc) is 2.35. The minimum Gasteiger partial charge on any atom is -0.467 e. The highest BCUT2D eigenvalue weighted by atomic mass is 35.5. The highest BCUT2D eigenvalue weighted by molar-refractivity contribution is 6.28. The molecule has 9 heteroatoms. The van der Waals surface area contributed by atoms with Gasteiger partial charge in [0.2, 0.25) is 11.2 Å². The van der Waals surface area contributed by atoms with Crippen LogP contribution in [0.4, 0.5) is 10.7 Å². The number of hydrogen-bond acceptors (Lipinski definition) is 7. The maximum Gasteiger partial charge on any atom is 0.407 e. The zero-order valence-corrected chi connectivity index (χ0v) is 13.3. The van der Waals surface area contributed by atoms with Gasteiger partial charge in [-0.25, -0.2) is 4.79 Å². The molecule has 1 aromatic heterocycles. The molecule has 0 bridgehead atoms. The van der Waals surface area contributed by atoms with Crippen molar-refractivity contribution in [1.29, 1.82) is 0 Å². The van der Waals surface area contributed by atoms with Crippen molar-refractivity contribution in [1.82, 2.24) is 20.3 Å². The molecule has 1 amide bonds. The Balaban J connectivity index is 2.25. The van der Waals surface area contributed by atoms with E-state index in [-0.39, 0.29) is 11.3 Å². The van der Waals surface area contributed by atoms with Crippen molar-refractivity contribution in [3.63, 3.8) is 0 Å². The fourth-order valence-corrected chi connectivity index (χ4v) is 1.45. The van der Waals surface area contributed by atoms with Crippen molar-refractivity contribution in [3.05, 3.63) is 5.28 Å². The lowest BCUT2D eigenvalue weighted by Gasteiger charge is -2.19. The number of rotatable bonds is 6. The maximum absolute atomic E-state index is 11.4. The summed E-state index contributed by atoms with van der Waals surface area (Å²) in [5.74, 6) is 0.323. The largest absolute Gasteiger partial charge is 0.467 e. The van der Waals surface area contributed by atoms with E-state index in [0.29, 0.717) is 25.5 Å². The lowest BCUT2D eigenvalue weighted by atomic mass is 10.2. The van der Waals surface area contributed by atoms with Crippen molar-refractivity contribution >= 4 is 23.6 Å². The summed E-state index contributed by atoms with van der Waals surface area (Å²) in [5.41, 5.74) is -0.499. The van der Waals surface area contributed by atoms with Gasteiger partial charge in [-0.2, -0.15) is 15.0 Å². The van der Waals surface area contributed by atoms with E-state index in [1.54, 1.807) is 0 Å². The first-order valence-corrected chi connectivity index (χ1v) is 6.84. The molecule has 0 aliphatic rings. The molecule has 1 heterocycles. The topological polar surface area (TPSA) is 98.3 Å². The average molecular weight is 318 g/mol. The molecule has 2 N–H and O–H groups in total. The van der Waals surface area contributed by atoms with Gasteiger partial charge in [0.1, 0.15) is 5.60 Å². The Kier molecular flexibility index (Phi) is 6.41. The van der Waals surface area contributed by atoms with Gasteiger partial charge < -0.3 is 20.1 Å². The molecule has 0 saturated carbocycles. The molecule has 0 aliphatic heterocycles.